The molecular formula is C13H18. The predicted octanol–water partition coefficient (Wildman–Crippen LogP) is 4.04. The summed E-state index contributed by atoms with van der Waals surface area (Å²) in [5.41, 5.74) is 5.54. The van der Waals surface area contributed by atoms with Crippen molar-refractivity contribution < 1.29 is 0 Å². The molecule has 0 aliphatic rings. The lowest BCUT2D eigenvalue weighted by molar-refractivity contribution is 1.22. The topological polar surface area (TPSA) is 0 Å². The third-order valence-electron chi connectivity index (χ3n) is 2.52. The SMILES string of the molecule is CC/C=C/c1c(C)ccc(C)c1C. The van der Waals surface area contributed by atoms with E-state index in [1.165, 1.54) is 22.3 Å². The fourth-order valence-electron chi connectivity index (χ4n) is 1.47. The predicted molar refractivity (Wildman–Crippen MR) is 60.0 cm³/mol. The van der Waals surface area contributed by atoms with Crippen LogP contribution >= 0.6 is 0 Å². The monoisotopic (exact) mass is 174 g/mol. The van der Waals surface area contributed by atoms with Gasteiger partial charge in [0.05, 0.1) is 0 Å². The highest BCUT2D eigenvalue weighted by molar-refractivity contribution is 5.59. The van der Waals surface area contributed by atoms with E-state index in [-0.39, 0.29) is 0 Å². The van der Waals surface area contributed by atoms with Gasteiger partial charge in [0.25, 0.3) is 0 Å². The zero-order valence-electron chi connectivity index (χ0n) is 9.02. The smallest absolute Gasteiger partial charge is 0.0199 e. The molecule has 0 unspecified atom stereocenters. The van der Waals surface area contributed by atoms with Crippen LogP contribution in [0.2, 0.25) is 0 Å². The first-order valence-corrected chi connectivity index (χ1v) is 4.90. The van der Waals surface area contributed by atoms with E-state index < -0.39 is 0 Å². The Morgan fingerprint density at radius 2 is 1.69 bits per heavy atom. The van der Waals surface area contributed by atoms with Gasteiger partial charge in [-0.1, -0.05) is 31.2 Å². The lowest BCUT2D eigenvalue weighted by Crippen LogP contribution is -1.89. The van der Waals surface area contributed by atoms with Crippen LogP contribution in [0.5, 0.6) is 0 Å². The molecule has 0 spiro atoms. The number of allylic oxidation sites excluding steroid dienone is 1. The second-order valence-corrected chi connectivity index (χ2v) is 3.55. The molecule has 0 heteroatoms. The maximum atomic E-state index is 2.23. The van der Waals surface area contributed by atoms with Gasteiger partial charge in [-0.15, -0.1) is 0 Å². The van der Waals surface area contributed by atoms with Crippen LogP contribution in [0.1, 0.15) is 35.6 Å². The van der Waals surface area contributed by atoms with Crippen LogP contribution in [0.3, 0.4) is 0 Å². The van der Waals surface area contributed by atoms with Gasteiger partial charge in [-0.2, -0.15) is 0 Å². The Bertz CT molecular complexity index is 319. The van der Waals surface area contributed by atoms with Crippen molar-refractivity contribution in [3.05, 3.63) is 40.5 Å². The first-order chi connectivity index (χ1) is 6.16. The van der Waals surface area contributed by atoms with Crippen LogP contribution < -0.4 is 0 Å². The Morgan fingerprint density at radius 1 is 1.08 bits per heavy atom. The molecular weight excluding hydrogens is 156 g/mol. The summed E-state index contributed by atoms with van der Waals surface area (Å²) in [6.07, 6.45) is 5.55. The Labute approximate surface area is 81.3 Å². The molecule has 13 heavy (non-hydrogen) atoms. The first-order valence-electron chi connectivity index (χ1n) is 4.90. The summed E-state index contributed by atoms with van der Waals surface area (Å²) in [5, 5.41) is 0. The van der Waals surface area contributed by atoms with Crippen LogP contribution in [-0.2, 0) is 0 Å². The largest absolute Gasteiger partial charge is 0.0842 e. The highest BCUT2D eigenvalue weighted by Gasteiger charge is 2.00. The molecule has 0 nitrogen and oxygen atoms in total. The fourth-order valence-corrected chi connectivity index (χ4v) is 1.47. The van der Waals surface area contributed by atoms with Crippen LogP contribution in [0.15, 0.2) is 18.2 Å². The normalized spacial score (nSPS) is 11.1. The molecule has 1 rings (SSSR count). The highest BCUT2D eigenvalue weighted by Crippen LogP contribution is 2.19. The van der Waals surface area contributed by atoms with E-state index in [0.717, 1.165) is 6.42 Å². The maximum Gasteiger partial charge on any atom is -0.0199 e. The van der Waals surface area contributed by atoms with E-state index in [4.69, 9.17) is 0 Å². The van der Waals surface area contributed by atoms with Gasteiger partial charge in [-0.25, -0.2) is 0 Å². The average molecular weight is 174 g/mol. The second kappa shape index (κ2) is 4.27. The molecule has 1 aromatic rings. The number of rotatable bonds is 2. The van der Waals surface area contributed by atoms with Gasteiger partial charge in [0.1, 0.15) is 0 Å². The molecule has 0 N–H and O–H groups in total. The summed E-state index contributed by atoms with van der Waals surface area (Å²) >= 11 is 0. The minimum Gasteiger partial charge on any atom is -0.0842 e. The maximum absolute atomic E-state index is 2.23. The van der Waals surface area contributed by atoms with Crippen molar-refractivity contribution in [2.24, 2.45) is 0 Å². The van der Waals surface area contributed by atoms with Crippen molar-refractivity contribution in [1.82, 2.24) is 0 Å². The molecule has 0 saturated carbocycles. The van der Waals surface area contributed by atoms with Crippen molar-refractivity contribution in [2.45, 2.75) is 34.1 Å². The highest BCUT2D eigenvalue weighted by atomic mass is 14.1. The third kappa shape index (κ3) is 2.21. The molecule has 0 saturated heterocycles. The zero-order valence-corrected chi connectivity index (χ0v) is 9.02. The molecule has 0 radical (unpaired) electrons. The van der Waals surface area contributed by atoms with Gasteiger partial charge in [0.2, 0.25) is 0 Å². The molecule has 0 amide bonds. The van der Waals surface area contributed by atoms with Gasteiger partial charge >= 0.3 is 0 Å². The van der Waals surface area contributed by atoms with Crippen molar-refractivity contribution in [1.29, 1.82) is 0 Å². The standard InChI is InChI=1S/C13H18/c1-5-6-7-13-11(3)9-8-10(2)12(13)4/h6-9H,5H2,1-4H3/b7-6+. The van der Waals surface area contributed by atoms with Gasteiger partial charge in [0.15, 0.2) is 0 Å². The van der Waals surface area contributed by atoms with E-state index in [1.54, 1.807) is 0 Å². The molecule has 0 atom stereocenters. The Hall–Kier alpha value is -1.04. The molecule has 0 bridgehead atoms. The van der Waals surface area contributed by atoms with Gasteiger partial charge in [-0.3, -0.25) is 0 Å². The van der Waals surface area contributed by atoms with Gasteiger partial charge in [0, 0.05) is 0 Å². The van der Waals surface area contributed by atoms with E-state index in [2.05, 4.69) is 52.0 Å². The number of hydrogen-bond donors (Lipinski definition) is 0. The molecule has 0 aromatic heterocycles. The average Bonchev–Trinajstić information content (AvgIpc) is 2.12. The van der Waals surface area contributed by atoms with E-state index in [0.29, 0.717) is 0 Å². The minimum atomic E-state index is 1.10. The van der Waals surface area contributed by atoms with E-state index >= 15 is 0 Å². The summed E-state index contributed by atoms with van der Waals surface area (Å²) in [4.78, 5) is 0. The Balaban J connectivity index is 3.17. The quantitative estimate of drug-likeness (QED) is 0.635. The zero-order chi connectivity index (χ0) is 9.84. The van der Waals surface area contributed by atoms with Crippen molar-refractivity contribution >= 4 is 6.08 Å². The minimum absolute atomic E-state index is 1.10. The van der Waals surface area contributed by atoms with E-state index in [1.807, 2.05) is 0 Å². The molecule has 70 valence electrons. The second-order valence-electron chi connectivity index (χ2n) is 3.55. The summed E-state index contributed by atoms with van der Waals surface area (Å²) in [7, 11) is 0. The van der Waals surface area contributed by atoms with E-state index in [9.17, 15) is 0 Å². The van der Waals surface area contributed by atoms with Crippen LogP contribution in [0.25, 0.3) is 6.08 Å². The fraction of sp³-hybridized carbons (Fsp3) is 0.385. The summed E-state index contributed by atoms with van der Waals surface area (Å²) < 4.78 is 0. The van der Waals surface area contributed by atoms with Gasteiger partial charge in [-0.05, 0) is 49.4 Å². The van der Waals surface area contributed by atoms with Gasteiger partial charge < -0.3 is 0 Å². The van der Waals surface area contributed by atoms with Crippen LogP contribution in [-0.4, -0.2) is 0 Å². The lowest BCUT2D eigenvalue weighted by Gasteiger charge is -2.07. The molecule has 0 fully saturated rings. The van der Waals surface area contributed by atoms with Crippen LogP contribution in [0, 0.1) is 20.8 Å². The number of aryl methyl sites for hydroxylation is 2. The molecule has 0 aliphatic carbocycles. The van der Waals surface area contributed by atoms with Crippen molar-refractivity contribution in [3.8, 4) is 0 Å². The van der Waals surface area contributed by atoms with Crippen LogP contribution in [0.4, 0.5) is 0 Å². The first kappa shape index (κ1) is 10.0. The molecule has 0 aliphatic heterocycles. The molecule has 1 aromatic carbocycles. The van der Waals surface area contributed by atoms with Crippen molar-refractivity contribution in [3.63, 3.8) is 0 Å². The van der Waals surface area contributed by atoms with Crippen molar-refractivity contribution in [2.75, 3.05) is 0 Å². The third-order valence-corrected chi connectivity index (χ3v) is 2.52. The molecule has 0 heterocycles. The number of hydrogen-bond acceptors (Lipinski definition) is 0. The Kier molecular flexibility index (Phi) is 3.30. The Morgan fingerprint density at radius 3 is 2.31 bits per heavy atom. The lowest BCUT2D eigenvalue weighted by atomic mass is 9.98. The number of benzene rings is 1. The summed E-state index contributed by atoms with van der Waals surface area (Å²) in [5.74, 6) is 0. The summed E-state index contributed by atoms with van der Waals surface area (Å²) in [6.45, 7) is 8.69. The summed E-state index contributed by atoms with van der Waals surface area (Å²) in [6, 6.07) is 4.38.